The van der Waals surface area contributed by atoms with E-state index in [1.165, 1.54) is 0 Å². The largest absolute Gasteiger partial charge is 0.459 e. The standard InChI is InChI=1S/C16H24N2O3/c1-11(2)9-14(18-15(19)12(3)17)16(20)21-10-13-7-5-4-6-8-13/h4-8,11-12,14H,9-10,17H2,1-3H3,(H,18,19)/t12-,14-/m0/s1. The van der Waals surface area contributed by atoms with Crippen LogP contribution in [-0.2, 0) is 20.9 Å². The first-order valence-corrected chi connectivity index (χ1v) is 7.16. The van der Waals surface area contributed by atoms with Crippen LogP contribution in [0.3, 0.4) is 0 Å². The van der Waals surface area contributed by atoms with E-state index >= 15 is 0 Å². The van der Waals surface area contributed by atoms with Gasteiger partial charge in [-0.05, 0) is 24.8 Å². The predicted octanol–water partition coefficient (Wildman–Crippen LogP) is 1.61. The van der Waals surface area contributed by atoms with Crippen LogP contribution in [0.15, 0.2) is 30.3 Å². The van der Waals surface area contributed by atoms with Gasteiger partial charge in [-0.2, -0.15) is 0 Å². The molecule has 3 N–H and O–H groups in total. The van der Waals surface area contributed by atoms with E-state index in [2.05, 4.69) is 5.32 Å². The molecule has 0 aliphatic carbocycles. The number of carbonyl (C=O) groups is 2. The Labute approximate surface area is 125 Å². The summed E-state index contributed by atoms with van der Waals surface area (Å²) in [7, 11) is 0. The highest BCUT2D eigenvalue weighted by Crippen LogP contribution is 2.09. The van der Waals surface area contributed by atoms with Crippen LogP contribution in [0.25, 0.3) is 0 Å². The third-order valence-corrected chi connectivity index (χ3v) is 2.95. The van der Waals surface area contributed by atoms with Gasteiger partial charge in [0.2, 0.25) is 5.91 Å². The first-order chi connectivity index (χ1) is 9.90. The molecule has 21 heavy (non-hydrogen) atoms. The van der Waals surface area contributed by atoms with E-state index in [0.717, 1.165) is 5.56 Å². The Bertz CT molecular complexity index is 458. The SMILES string of the molecule is CC(C)C[C@H](NC(=O)[C@H](C)N)C(=O)OCc1ccccc1. The van der Waals surface area contributed by atoms with Crippen LogP contribution < -0.4 is 11.1 Å². The third-order valence-electron chi connectivity index (χ3n) is 2.95. The van der Waals surface area contributed by atoms with Gasteiger partial charge >= 0.3 is 5.97 Å². The molecule has 1 aromatic carbocycles. The summed E-state index contributed by atoms with van der Waals surface area (Å²) in [6.07, 6.45) is 0.520. The van der Waals surface area contributed by atoms with Crippen molar-refractivity contribution in [3.05, 3.63) is 35.9 Å². The number of nitrogens with two attached hydrogens (primary N) is 1. The summed E-state index contributed by atoms with van der Waals surface area (Å²) in [6.45, 7) is 5.74. The maximum atomic E-state index is 12.1. The highest BCUT2D eigenvalue weighted by Gasteiger charge is 2.24. The molecule has 0 spiro atoms. The van der Waals surface area contributed by atoms with E-state index in [1.807, 2.05) is 44.2 Å². The van der Waals surface area contributed by atoms with Crippen LogP contribution in [0.5, 0.6) is 0 Å². The molecule has 0 heterocycles. The van der Waals surface area contributed by atoms with Crippen molar-refractivity contribution >= 4 is 11.9 Å². The minimum atomic E-state index is -0.660. The topological polar surface area (TPSA) is 81.4 Å². The molecule has 0 bridgehead atoms. The molecule has 0 fully saturated rings. The minimum Gasteiger partial charge on any atom is -0.459 e. The Balaban J connectivity index is 2.60. The lowest BCUT2D eigenvalue weighted by Gasteiger charge is -2.20. The second-order valence-electron chi connectivity index (χ2n) is 5.57. The van der Waals surface area contributed by atoms with Gasteiger partial charge in [-0.1, -0.05) is 44.2 Å². The molecule has 1 aromatic rings. The van der Waals surface area contributed by atoms with E-state index in [4.69, 9.17) is 10.5 Å². The van der Waals surface area contributed by atoms with E-state index in [1.54, 1.807) is 6.92 Å². The van der Waals surface area contributed by atoms with Crippen LogP contribution >= 0.6 is 0 Å². The second-order valence-corrected chi connectivity index (χ2v) is 5.57. The number of hydrogen-bond donors (Lipinski definition) is 2. The lowest BCUT2D eigenvalue weighted by Crippen LogP contribution is -2.48. The van der Waals surface area contributed by atoms with Gasteiger partial charge in [0, 0.05) is 0 Å². The molecular formula is C16H24N2O3. The van der Waals surface area contributed by atoms with Gasteiger partial charge in [-0.3, -0.25) is 4.79 Å². The predicted molar refractivity (Wildman–Crippen MR) is 81.3 cm³/mol. The molecule has 0 radical (unpaired) electrons. The molecule has 0 aliphatic rings. The Hall–Kier alpha value is -1.88. The van der Waals surface area contributed by atoms with Crippen molar-refractivity contribution in [3.8, 4) is 0 Å². The van der Waals surface area contributed by atoms with Gasteiger partial charge in [0.1, 0.15) is 12.6 Å². The van der Waals surface area contributed by atoms with E-state index in [-0.39, 0.29) is 18.4 Å². The molecule has 0 saturated carbocycles. The number of esters is 1. The number of hydrogen-bond acceptors (Lipinski definition) is 4. The average Bonchev–Trinajstić information content (AvgIpc) is 2.44. The normalized spacial score (nSPS) is 13.6. The van der Waals surface area contributed by atoms with Gasteiger partial charge in [0.05, 0.1) is 6.04 Å². The zero-order valence-corrected chi connectivity index (χ0v) is 12.8. The number of ether oxygens (including phenoxy) is 1. The van der Waals surface area contributed by atoms with Gasteiger partial charge < -0.3 is 15.8 Å². The van der Waals surface area contributed by atoms with Crippen molar-refractivity contribution in [2.24, 2.45) is 11.7 Å². The highest BCUT2D eigenvalue weighted by atomic mass is 16.5. The summed E-state index contributed by atoms with van der Waals surface area (Å²) in [5.41, 5.74) is 6.43. The molecule has 116 valence electrons. The molecule has 5 nitrogen and oxygen atoms in total. The third kappa shape index (κ3) is 6.40. The lowest BCUT2D eigenvalue weighted by molar-refractivity contribution is -0.149. The molecule has 0 aliphatic heterocycles. The van der Waals surface area contributed by atoms with Gasteiger partial charge in [-0.15, -0.1) is 0 Å². The van der Waals surface area contributed by atoms with Gasteiger partial charge in [0.25, 0.3) is 0 Å². The quantitative estimate of drug-likeness (QED) is 0.748. The number of nitrogens with one attached hydrogen (secondary N) is 1. The summed E-state index contributed by atoms with van der Waals surface area (Å²) in [5.74, 6) is -0.522. The van der Waals surface area contributed by atoms with Crippen molar-refractivity contribution in [2.45, 2.75) is 45.9 Å². The smallest absolute Gasteiger partial charge is 0.328 e. The molecule has 5 heteroatoms. The Morgan fingerprint density at radius 3 is 2.33 bits per heavy atom. The Morgan fingerprint density at radius 2 is 1.81 bits per heavy atom. The maximum absolute atomic E-state index is 12.1. The first kappa shape index (κ1) is 17.2. The number of carbonyl (C=O) groups excluding carboxylic acids is 2. The zero-order valence-electron chi connectivity index (χ0n) is 12.8. The van der Waals surface area contributed by atoms with Crippen molar-refractivity contribution < 1.29 is 14.3 Å². The second kappa shape index (κ2) is 8.42. The van der Waals surface area contributed by atoms with E-state index in [0.29, 0.717) is 6.42 Å². The molecule has 0 unspecified atom stereocenters. The highest BCUT2D eigenvalue weighted by molar-refractivity contribution is 5.87. The minimum absolute atomic E-state index is 0.197. The van der Waals surface area contributed by atoms with Crippen LogP contribution in [0.1, 0.15) is 32.8 Å². The summed E-state index contributed by atoms with van der Waals surface area (Å²) in [5, 5.41) is 2.65. The molecular weight excluding hydrogens is 268 g/mol. The summed E-state index contributed by atoms with van der Waals surface area (Å²) in [6, 6.07) is 8.11. The van der Waals surface area contributed by atoms with Crippen molar-refractivity contribution in [2.75, 3.05) is 0 Å². The molecule has 1 rings (SSSR count). The van der Waals surface area contributed by atoms with Crippen LogP contribution in [0.4, 0.5) is 0 Å². The van der Waals surface area contributed by atoms with E-state index in [9.17, 15) is 9.59 Å². The molecule has 0 saturated heterocycles. The van der Waals surface area contributed by atoms with Crippen molar-refractivity contribution in [1.82, 2.24) is 5.32 Å². The van der Waals surface area contributed by atoms with Crippen LogP contribution in [0, 0.1) is 5.92 Å². The summed E-state index contributed by atoms with van der Waals surface area (Å²) in [4.78, 5) is 23.8. The first-order valence-electron chi connectivity index (χ1n) is 7.16. The number of rotatable bonds is 7. The fourth-order valence-corrected chi connectivity index (χ4v) is 1.82. The van der Waals surface area contributed by atoms with Crippen LogP contribution in [0.2, 0.25) is 0 Å². The Kier molecular flexibility index (Phi) is 6.88. The van der Waals surface area contributed by atoms with E-state index < -0.39 is 18.1 Å². The monoisotopic (exact) mass is 292 g/mol. The molecule has 2 atom stereocenters. The number of benzene rings is 1. The zero-order chi connectivity index (χ0) is 15.8. The fourth-order valence-electron chi connectivity index (χ4n) is 1.82. The van der Waals surface area contributed by atoms with Crippen molar-refractivity contribution in [3.63, 3.8) is 0 Å². The maximum Gasteiger partial charge on any atom is 0.328 e. The molecule has 0 aromatic heterocycles. The Morgan fingerprint density at radius 1 is 1.19 bits per heavy atom. The van der Waals surface area contributed by atoms with Gasteiger partial charge in [-0.25, -0.2) is 4.79 Å². The number of amides is 1. The summed E-state index contributed by atoms with van der Waals surface area (Å²) < 4.78 is 5.28. The van der Waals surface area contributed by atoms with Gasteiger partial charge in [0.15, 0.2) is 0 Å². The lowest BCUT2D eigenvalue weighted by atomic mass is 10.0. The average molecular weight is 292 g/mol. The molecule has 1 amide bonds. The fraction of sp³-hybridized carbons (Fsp3) is 0.500. The summed E-state index contributed by atoms with van der Waals surface area (Å²) >= 11 is 0. The van der Waals surface area contributed by atoms with Crippen LogP contribution in [-0.4, -0.2) is 24.0 Å². The van der Waals surface area contributed by atoms with Crippen molar-refractivity contribution in [1.29, 1.82) is 0 Å².